The molecule has 0 unspecified atom stereocenters. The highest BCUT2D eigenvalue weighted by molar-refractivity contribution is 6.03. The molecule has 1 fully saturated rings. The fourth-order valence-corrected chi connectivity index (χ4v) is 4.87. The summed E-state index contributed by atoms with van der Waals surface area (Å²) < 4.78 is 0. The lowest BCUT2D eigenvalue weighted by Crippen LogP contribution is -2.62. The first-order chi connectivity index (χ1) is 15.4. The SMILES string of the molecule is CC/C(=N\N=C(/C)N(C)C1CC(C)(C)NC(C)(C)C1)c1ccc(-c2ccc(=O)[nH]c2)cc1O. The molecular weight excluding hydrogens is 414 g/mol. The molecule has 3 N–H and O–H groups in total. The molecule has 3 rings (SSSR count). The topological polar surface area (TPSA) is 93.1 Å². The summed E-state index contributed by atoms with van der Waals surface area (Å²) in [5.41, 5.74) is 2.98. The summed E-state index contributed by atoms with van der Waals surface area (Å²) in [6.45, 7) is 13.0. The molecule has 0 amide bonds. The molecule has 0 bridgehead atoms. The van der Waals surface area contributed by atoms with E-state index in [0.717, 1.165) is 35.5 Å². The van der Waals surface area contributed by atoms with Gasteiger partial charge in [0.25, 0.3) is 0 Å². The van der Waals surface area contributed by atoms with Gasteiger partial charge in [0.15, 0.2) is 0 Å². The van der Waals surface area contributed by atoms with Gasteiger partial charge in [0.2, 0.25) is 5.56 Å². The predicted molar refractivity (Wildman–Crippen MR) is 136 cm³/mol. The van der Waals surface area contributed by atoms with Crippen LogP contribution in [0, 0.1) is 0 Å². The van der Waals surface area contributed by atoms with E-state index in [4.69, 9.17) is 0 Å². The molecule has 0 atom stereocenters. The Balaban J connectivity index is 1.82. The van der Waals surface area contributed by atoms with Gasteiger partial charge in [-0.2, -0.15) is 5.10 Å². The smallest absolute Gasteiger partial charge is 0.247 e. The molecular formula is C26H37N5O2. The van der Waals surface area contributed by atoms with Gasteiger partial charge in [0, 0.05) is 42.0 Å². The average Bonchev–Trinajstić information content (AvgIpc) is 2.72. The third-order valence-corrected chi connectivity index (χ3v) is 6.30. The van der Waals surface area contributed by atoms with Gasteiger partial charge < -0.3 is 20.3 Å². The Kier molecular flexibility index (Phi) is 7.12. The van der Waals surface area contributed by atoms with Crippen LogP contribution in [0.2, 0.25) is 0 Å². The number of hydrogen-bond donors (Lipinski definition) is 3. The Morgan fingerprint density at radius 2 is 1.73 bits per heavy atom. The summed E-state index contributed by atoms with van der Waals surface area (Å²) in [5, 5.41) is 23.5. The number of phenols is 1. The van der Waals surface area contributed by atoms with E-state index in [2.05, 4.69) is 60.1 Å². The van der Waals surface area contributed by atoms with Crippen LogP contribution in [0.5, 0.6) is 5.75 Å². The fourth-order valence-electron chi connectivity index (χ4n) is 4.87. The molecule has 33 heavy (non-hydrogen) atoms. The molecule has 7 heteroatoms. The molecule has 2 aromatic rings. The minimum atomic E-state index is -0.158. The number of H-pyrrole nitrogens is 1. The number of piperidine rings is 1. The van der Waals surface area contributed by atoms with Crippen molar-refractivity contribution < 1.29 is 5.11 Å². The zero-order chi connectivity index (χ0) is 24.4. The number of nitrogens with zero attached hydrogens (tertiary/aromatic N) is 3. The highest BCUT2D eigenvalue weighted by atomic mass is 16.3. The fraction of sp³-hybridized carbons (Fsp3) is 0.500. The molecule has 178 valence electrons. The van der Waals surface area contributed by atoms with Crippen LogP contribution in [-0.2, 0) is 0 Å². The molecule has 1 aliphatic heterocycles. The van der Waals surface area contributed by atoms with E-state index in [0.29, 0.717) is 18.0 Å². The second kappa shape index (κ2) is 9.51. The summed E-state index contributed by atoms with van der Waals surface area (Å²) >= 11 is 0. The van der Waals surface area contributed by atoms with E-state index >= 15 is 0 Å². The van der Waals surface area contributed by atoms with Gasteiger partial charge in [-0.05, 0) is 83.2 Å². The van der Waals surface area contributed by atoms with E-state index in [1.54, 1.807) is 18.3 Å². The maximum atomic E-state index is 11.3. The standard InChI is InChI=1S/C26H37N5O2/c1-8-22(21-11-9-18(13-23(21)32)19-10-12-24(33)27-16-19)29-28-17(2)31(7)20-14-25(3,4)30-26(5,6)15-20/h9-13,16,20,30,32H,8,14-15H2,1-7H3,(H,27,33)/b28-17+,29-22+. The number of benzene rings is 1. The Labute approximate surface area is 196 Å². The van der Waals surface area contributed by atoms with Crippen LogP contribution < -0.4 is 10.9 Å². The number of pyridine rings is 1. The first-order valence-corrected chi connectivity index (χ1v) is 11.6. The molecule has 0 radical (unpaired) electrons. The number of aromatic hydroxyl groups is 1. The van der Waals surface area contributed by atoms with Crippen molar-refractivity contribution in [3.05, 3.63) is 52.4 Å². The number of aromatic amines is 1. The third kappa shape index (κ3) is 6.11. The Morgan fingerprint density at radius 3 is 2.27 bits per heavy atom. The first-order valence-electron chi connectivity index (χ1n) is 11.6. The number of amidine groups is 1. The molecule has 1 saturated heterocycles. The van der Waals surface area contributed by atoms with E-state index in [1.807, 2.05) is 26.0 Å². The second-order valence-electron chi connectivity index (χ2n) is 10.3. The zero-order valence-electron chi connectivity index (χ0n) is 20.9. The van der Waals surface area contributed by atoms with Gasteiger partial charge in [-0.15, -0.1) is 5.10 Å². The van der Waals surface area contributed by atoms with E-state index < -0.39 is 0 Å². The van der Waals surface area contributed by atoms with E-state index in [-0.39, 0.29) is 22.4 Å². The second-order valence-corrected chi connectivity index (χ2v) is 10.3. The van der Waals surface area contributed by atoms with Gasteiger partial charge in [-0.25, -0.2) is 0 Å². The summed E-state index contributed by atoms with van der Waals surface area (Å²) in [6, 6.07) is 9.02. The van der Waals surface area contributed by atoms with Gasteiger partial charge >= 0.3 is 0 Å². The van der Waals surface area contributed by atoms with Gasteiger partial charge in [0.05, 0.1) is 5.71 Å². The van der Waals surface area contributed by atoms with Gasteiger partial charge in [-0.1, -0.05) is 13.0 Å². The maximum absolute atomic E-state index is 11.3. The van der Waals surface area contributed by atoms with Crippen LogP contribution in [0.4, 0.5) is 0 Å². The van der Waals surface area contributed by atoms with Crippen molar-refractivity contribution in [1.82, 2.24) is 15.2 Å². The Bertz CT molecular complexity index is 1080. The normalized spacial score (nSPS) is 18.9. The van der Waals surface area contributed by atoms with Crippen molar-refractivity contribution in [2.45, 2.75) is 77.9 Å². The van der Waals surface area contributed by atoms with Crippen molar-refractivity contribution in [2.24, 2.45) is 10.2 Å². The third-order valence-electron chi connectivity index (χ3n) is 6.30. The minimum Gasteiger partial charge on any atom is -0.507 e. The summed E-state index contributed by atoms with van der Waals surface area (Å²) in [6.07, 6.45) is 4.33. The number of phenolic OH excluding ortho intramolecular Hbond substituents is 1. The maximum Gasteiger partial charge on any atom is 0.247 e. The zero-order valence-corrected chi connectivity index (χ0v) is 20.9. The number of hydrogen-bond acceptors (Lipinski definition) is 5. The van der Waals surface area contributed by atoms with E-state index in [9.17, 15) is 9.90 Å². The molecule has 1 aromatic heterocycles. The van der Waals surface area contributed by atoms with Gasteiger partial charge in [0.1, 0.15) is 11.6 Å². The monoisotopic (exact) mass is 451 g/mol. The van der Waals surface area contributed by atoms with Crippen LogP contribution in [0.1, 0.15) is 66.4 Å². The molecule has 1 aromatic carbocycles. The lowest BCUT2D eigenvalue weighted by Gasteiger charge is -2.49. The molecule has 0 spiro atoms. The molecule has 0 aliphatic carbocycles. The molecule has 2 heterocycles. The number of rotatable bonds is 5. The molecule has 1 aliphatic rings. The highest BCUT2D eigenvalue weighted by Gasteiger charge is 2.39. The Hall–Kier alpha value is -2.93. The molecule has 0 saturated carbocycles. The van der Waals surface area contributed by atoms with Crippen LogP contribution in [-0.4, -0.2) is 50.7 Å². The Morgan fingerprint density at radius 1 is 1.09 bits per heavy atom. The quantitative estimate of drug-likeness (QED) is 0.354. The lowest BCUT2D eigenvalue weighted by atomic mass is 9.79. The van der Waals surface area contributed by atoms with Crippen LogP contribution in [0.25, 0.3) is 11.1 Å². The van der Waals surface area contributed by atoms with Crippen LogP contribution >= 0.6 is 0 Å². The first kappa shape index (κ1) is 24.7. The summed E-state index contributed by atoms with van der Waals surface area (Å²) in [5.74, 6) is 0.992. The van der Waals surface area contributed by atoms with Crippen molar-refractivity contribution in [2.75, 3.05) is 7.05 Å². The summed E-state index contributed by atoms with van der Waals surface area (Å²) in [7, 11) is 2.08. The van der Waals surface area contributed by atoms with E-state index in [1.165, 1.54) is 6.07 Å². The predicted octanol–water partition coefficient (Wildman–Crippen LogP) is 4.52. The largest absolute Gasteiger partial charge is 0.507 e. The van der Waals surface area contributed by atoms with Crippen molar-refractivity contribution in [3.8, 4) is 16.9 Å². The number of aromatic nitrogens is 1. The van der Waals surface area contributed by atoms with Crippen LogP contribution in [0.3, 0.4) is 0 Å². The average molecular weight is 452 g/mol. The highest BCUT2D eigenvalue weighted by Crippen LogP contribution is 2.31. The lowest BCUT2D eigenvalue weighted by molar-refractivity contribution is 0.113. The summed E-state index contributed by atoms with van der Waals surface area (Å²) in [4.78, 5) is 16.2. The minimum absolute atomic E-state index is 0.0537. The number of nitrogens with one attached hydrogen (secondary N) is 2. The van der Waals surface area contributed by atoms with Crippen LogP contribution in [0.15, 0.2) is 51.5 Å². The van der Waals surface area contributed by atoms with Crippen molar-refractivity contribution >= 4 is 11.5 Å². The van der Waals surface area contributed by atoms with Crippen molar-refractivity contribution in [3.63, 3.8) is 0 Å². The molecule has 7 nitrogen and oxygen atoms in total. The van der Waals surface area contributed by atoms with Crippen molar-refractivity contribution in [1.29, 1.82) is 0 Å². The van der Waals surface area contributed by atoms with Gasteiger partial charge in [-0.3, -0.25) is 4.79 Å².